The molecule has 25 heavy (non-hydrogen) atoms. The number of nitrogens with zero attached hydrogens (tertiary/aromatic N) is 2. The third-order valence-electron chi connectivity index (χ3n) is 4.19. The molecule has 5 heteroatoms. The second-order valence-corrected chi connectivity index (χ2v) is 7.33. The summed E-state index contributed by atoms with van der Waals surface area (Å²) in [5.41, 5.74) is 3.09. The van der Waals surface area contributed by atoms with Gasteiger partial charge in [0.05, 0.1) is 15.9 Å². The van der Waals surface area contributed by atoms with Gasteiger partial charge in [-0.2, -0.15) is 9.78 Å². The molecule has 0 aromatic carbocycles. The lowest BCUT2D eigenvalue weighted by Gasteiger charge is -2.12. The Labute approximate surface area is 150 Å². The van der Waals surface area contributed by atoms with E-state index in [1.807, 2.05) is 50.3 Å². The van der Waals surface area contributed by atoms with Crippen LogP contribution in [0, 0.1) is 6.92 Å². The Hall–Kier alpha value is -2.53. The number of aldehydes is 1. The summed E-state index contributed by atoms with van der Waals surface area (Å²) in [6.07, 6.45) is 12.9. The molecule has 0 fully saturated rings. The van der Waals surface area contributed by atoms with Gasteiger partial charge in [0.1, 0.15) is 6.29 Å². The summed E-state index contributed by atoms with van der Waals surface area (Å²) in [6.45, 7) is 5.75. The van der Waals surface area contributed by atoms with Crippen LogP contribution >= 0.6 is 11.3 Å². The van der Waals surface area contributed by atoms with Gasteiger partial charge in [0, 0.05) is 21.9 Å². The Kier molecular flexibility index (Phi) is 4.95. The fraction of sp³-hybridized carbons (Fsp3) is 0.250. The molecule has 2 aromatic heterocycles. The summed E-state index contributed by atoms with van der Waals surface area (Å²) in [7, 11) is 0. The number of carbonyl (C=O) groups excluding carboxylic acids is 2. The highest BCUT2D eigenvalue weighted by molar-refractivity contribution is 7.19. The molecule has 0 amide bonds. The smallest absolute Gasteiger partial charge is 0.274 e. The standard InChI is InChI=1S/C20H20N2O2S/c1-4-5-6-13(2)20(24)22-17-11-14(3)25-19(17)18(21-22)16-9-7-15(12-23)8-10-16/h4-9,11-12,16H,10H2,1-3H3/b5-4-,13-6+. The Morgan fingerprint density at radius 1 is 1.44 bits per heavy atom. The van der Waals surface area contributed by atoms with Gasteiger partial charge in [0.25, 0.3) is 5.91 Å². The van der Waals surface area contributed by atoms with Crippen molar-refractivity contribution in [2.75, 3.05) is 0 Å². The molecule has 1 atom stereocenters. The highest BCUT2D eigenvalue weighted by Gasteiger charge is 2.23. The van der Waals surface area contributed by atoms with Crippen LogP contribution in [0.3, 0.4) is 0 Å². The third kappa shape index (κ3) is 3.33. The number of thiophene rings is 1. The molecule has 0 saturated heterocycles. The van der Waals surface area contributed by atoms with Gasteiger partial charge in [-0.3, -0.25) is 9.59 Å². The molecule has 1 unspecified atom stereocenters. The number of fused-ring (bicyclic) bond motifs is 1. The van der Waals surface area contributed by atoms with Crippen molar-refractivity contribution in [3.63, 3.8) is 0 Å². The fourth-order valence-electron chi connectivity index (χ4n) is 2.85. The topological polar surface area (TPSA) is 52.0 Å². The van der Waals surface area contributed by atoms with Gasteiger partial charge in [-0.15, -0.1) is 11.3 Å². The van der Waals surface area contributed by atoms with Gasteiger partial charge >= 0.3 is 0 Å². The van der Waals surface area contributed by atoms with E-state index >= 15 is 0 Å². The van der Waals surface area contributed by atoms with Crippen LogP contribution in [0.25, 0.3) is 10.2 Å². The summed E-state index contributed by atoms with van der Waals surface area (Å²) in [5.74, 6) is -0.0332. The Morgan fingerprint density at radius 3 is 2.88 bits per heavy atom. The summed E-state index contributed by atoms with van der Waals surface area (Å²) >= 11 is 1.65. The summed E-state index contributed by atoms with van der Waals surface area (Å²) in [4.78, 5) is 24.8. The van der Waals surface area contributed by atoms with Gasteiger partial charge in [0.2, 0.25) is 0 Å². The molecule has 0 saturated carbocycles. The molecule has 0 bridgehead atoms. The van der Waals surface area contributed by atoms with E-state index in [4.69, 9.17) is 0 Å². The first-order valence-corrected chi connectivity index (χ1v) is 9.03. The lowest BCUT2D eigenvalue weighted by Crippen LogP contribution is -2.14. The maximum Gasteiger partial charge on any atom is 0.274 e. The quantitative estimate of drug-likeness (QED) is 0.454. The van der Waals surface area contributed by atoms with Gasteiger partial charge in [-0.25, -0.2) is 0 Å². The van der Waals surface area contributed by atoms with Crippen molar-refractivity contribution in [3.8, 4) is 0 Å². The molecular formula is C20H20N2O2S. The van der Waals surface area contributed by atoms with Crippen molar-refractivity contribution in [3.05, 3.63) is 64.2 Å². The van der Waals surface area contributed by atoms with Crippen LogP contribution in [0.2, 0.25) is 0 Å². The normalized spacial score (nSPS) is 18.1. The van der Waals surface area contributed by atoms with E-state index in [1.54, 1.807) is 24.3 Å². The van der Waals surface area contributed by atoms with Crippen molar-refractivity contribution < 1.29 is 9.59 Å². The largest absolute Gasteiger partial charge is 0.298 e. The highest BCUT2D eigenvalue weighted by atomic mass is 32.1. The molecule has 4 nitrogen and oxygen atoms in total. The monoisotopic (exact) mass is 352 g/mol. The van der Waals surface area contributed by atoms with Crippen LogP contribution in [0.1, 0.15) is 41.6 Å². The Bertz CT molecular complexity index is 954. The minimum absolute atomic E-state index is 0.0816. The van der Waals surface area contributed by atoms with E-state index in [-0.39, 0.29) is 11.8 Å². The minimum Gasteiger partial charge on any atom is -0.298 e. The number of carbonyl (C=O) groups is 2. The first-order chi connectivity index (χ1) is 12.0. The predicted octanol–water partition coefficient (Wildman–Crippen LogP) is 4.74. The van der Waals surface area contributed by atoms with Crippen molar-refractivity contribution in [2.24, 2.45) is 0 Å². The molecule has 3 rings (SSSR count). The molecule has 128 valence electrons. The highest BCUT2D eigenvalue weighted by Crippen LogP contribution is 2.36. The average molecular weight is 352 g/mol. The molecule has 2 aromatic rings. The number of rotatable bonds is 4. The van der Waals surface area contributed by atoms with Crippen LogP contribution in [-0.2, 0) is 4.79 Å². The molecule has 1 aliphatic carbocycles. The van der Waals surface area contributed by atoms with Crippen LogP contribution in [0.5, 0.6) is 0 Å². The molecule has 0 N–H and O–H groups in total. The van der Waals surface area contributed by atoms with E-state index in [1.165, 1.54) is 4.68 Å². The Morgan fingerprint density at radius 2 is 2.24 bits per heavy atom. The van der Waals surface area contributed by atoms with Gasteiger partial charge in [-0.1, -0.05) is 36.5 Å². The van der Waals surface area contributed by atoms with Crippen molar-refractivity contribution in [1.82, 2.24) is 9.78 Å². The number of hydrogen-bond donors (Lipinski definition) is 0. The maximum absolute atomic E-state index is 12.8. The number of allylic oxidation sites excluding steroid dienone is 8. The predicted molar refractivity (Wildman–Crippen MR) is 102 cm³/mol. The summed E-state index contributed by atoms with van der Waals surface area (Å²) < 4.78 is 2.55. The van der Waals surface area contributed by atoms with Crippen molar-refractivity contribution in [2.45, 2.75) is 33.1 Å². The van der Waals surface area contributed by atoms with Crippen LogP contribution in [-0.4, -0.2) is 22.0 Å². The van der Waals surface area contributed by atoms with Crippen LogP contribution in [0.4, 0.5) is 0 Å². The molecule has 2 heterocycles. The van der Waals surface area contributed by atoms with E-state index in [0.717, 1.165) is 33.5 Å². The van der Waals surface area contributed by atoms with E-state index < -0.39 is 0 Å². The van der Waals surface area contributed by atoms with E-state index in [2.05, 4.69) is 5.10 Å². The fourth-order valence-corrected chi connectivity index (χ4v) is 3.89. The zero-order chi connectivity index (χ0) is 18.0. The third-order valence-corrected chi connectivity index (χ3v) is 5.25. The lowest BCUT2D eigenvalue weighted by molar-refractivity contribution is -0.104. The maximum atomic E-state index is 12.8. The molecule has 1 aliphatic rings. The number of aromatic nitrogens is 2. The second kappa shape index (κ2) is 7.15. The summed E-state index contributed by atoms with van der Waals surface area (Å²) in [5, 5.41) is 4.64. The molecule has 0 radical (unpaired) electrons. The lowest BCUT2D eigenvalue weighted by atomic mass is 9.94. The number of aryl methyl sites for hydroxylation is 1. The van der Waals surface area contributed by atoms with Gasteiger partial charge in [0.15, 0.2) is 0 Å². The van der Waals surface area contributed by atoms with Gasteiger partial charge < -0.3 is 0 Å². The van der Waals surface area contributed by atoms with Crippen molar-refractivity contribution in [1.29, 1.82) is 0 Å². The summed E-state index contributed by atoms with van der Waals surface area (Å²) in [6, 6.07) is 2.01. The Balaban J connectivity index is 2.05. The van der Waals surface area contributed by atoms with Crippen LogP contribution < -0.4 is 0 Å². The molecule has 0 spiro atoms. The zero-order valence-electron chi connectivity index (χ0n) is 14.5. The SMILES string of the molecule is C/C=C\C=C(/C)C(=O)n1nc(C2C=CC(C=O)=CC2)c2sc(C)cc21. The number of hydrogen-bond acceptors (Lipinski definition) is 4. The first kappa shape index (κ1) is 17.3. The molecule has 0 aliphatic heterocycles. The minimum atomic E-state index is -0.115. The second-order valence-electron chi connectivity index (χ2n) is 6.07. The van der Waals surface area contributed by atoms with Crippen LogP contribution in [0.15, 0.2) is 53.7 Å². The zero-order valence-corrected chi connectivity index (χ0v) is 15.3. The average Bonchev–Trinajstić information content (AvgIpc) is 3.16. The van der Waals surface area contributed by atoms with Crippen molar-refractivity contribution >= 4 is 33.7 Å². The van der Waals surface area contributed by atoms with E-state index in [0.29, 0.717) is 11.1 Å². The first-order valence-electron chi connectivity index (χ1n) is 8.22. The van der Waals surface area contributed by atoms with Gasteiger partial charge in [-0.05, 0) is 33.3 Å². The molecular weight excluding hydrogens is 332 g/mol. The van der Waals surface area contributed by atoms with E-state index in [9.17, 15) is 9.59 Å².